The van der Waals surface area contributed by atoms with Crippen LogP contribution in [0.5, 0.6) is 0 Å². The molecule has 102 valence electrons. The molecular weight excluding hydrogens is 274 g/mol. The number of halogens is 1. The number of methoxy groups -OCH3 is 1. The Morgan fingerprint density at radius 3 is 2.45 bits per heavy atom. The van der Waals surface area contributed by atoms with Gasteiger partial charge in [0.05, 0.1) is 7.11 Å². The van der Waals surface area contributed by atoms with Crippen LogP contribution in [0, 0.1) is 0 Å². The number of hydrogen-bond acceptors (Lipinski definition) is 3. The average Bonchev–Trinajstić information content (AvgIpc) is 2.50. The number of rotatable bonds is 4. The van der Waals surface area contributed by atoms with E-state index in [1.807, 2.05) is 36.4 Å². The molecule has 0 saturated carbocycles. The van der Waals surface area contributed by atoms with E-state index in [1.165, 1.54) is 7.11 Å². The fourth-order valence-corrected chi connectivity index (χ4v) is 2.02. The Morgan fingerprint density at radius 1 is 1.15 bits per heavy atom. The molecular formula is C16H14ClNO2. The van der Waals surface area contributed by atoms with Crippen LogP contribution in [0.4, 0.5) is 0 Å². The quantitative estimate of drug-likeness (QED) is 0.636. The smallest absolute Gasteiger partial charge is 0.335 e. The molecule has 2 rings (SSSR count). The second-order valence-electron chi connectivity index (χ2n) is 4.14. The second-order valence-corrected chi connectivity index (χ2v) is 4.54. The Bertz CT molecular complexity index is 611. The van der Waals surface area contributed by atoms with E-state index < -0.39 is 12.0 Å². The predicted octanol–water partition coefficient (Wildman–Crippen LogP) is 3.67. The minimum absolute atomic E-state index is 0.440. The molecule has 0 amide bonds. The third kappa shape index (κ3) is 3.45. The van der Waals surface area contributed by atoms with Gasteiger partial charge < -0.3 is 4.74 Å². The molecule has 0 aliphatic heterocycles. The summed E-state index contributed by atoms with van der Waals surface area (Å²) in [6.07, 6.45) is 1.64. The van der Waals surface area contributed by atoms with Crippen molar-refractivity contribution in [3.63, 3.8) is 0 Å². The molecule has 20 heavy (non-hydrogen) atoms. The maximum Gasteiger partial charge on any atom is 0.335 e. The molecule has 4 heteroatoms. The number of esters is 1. The highest BCUT2D eigenvalue weighted by Gasteiger charge is 2.21. The number of aliphatic imine (C=N–C) groups is 1. The summed E-state index contributed by atoms with van der Waals surface area (Å²) in [5.41, 5.74) is 1.54. The molecule has 1 unspecified atom stereocenters. The molecule has 0 radical (unpaired) electrons. The number of carbonyl (C=O) groups excluding carboxylic acids is 1. The van der Waals surface area contributed by atoms with Crippen LogP contribution in [0.1, 0.15) is 17.2 Å². The summed E-state index contributed by atoms with van der Waals surface area (Å²) in [5.74, 6) is -0.440. The van der Waals surface area contributed by atoms with Crippen LogP contribution in [0.25, 0.3) is 0 Å². The van der Waals surface area contributed by atoms with E-state index in [-0.39, 0.29) is 0 Å². The molecule has 3 nitrogen and oxygen atoms in total. The molecule has 0 spiro atoms. The van der Waals surface area contributed by atoms with Crippen LogP contribution in [0.3, 0.4) is 0 Å². The Kier molecular flexibility index (Phi) is 4.91. The first-order valence-corrected chi connectivity index (χ1v) is 6.50. The standard InChI is InChI=1S/C16H14ClNO2/c1-20-16(19)15(13-9-5-6-10-14(13)17)18-11-12-7-3-2-4-8-12/h2-11,15H,1H3. The molecule has 0 N–H and O–H groups in total. The summed E-state index contributed by atoms with van der Waals surface area (Å²) >= 11 is 6.12. The lowest BCUT2D eigenvalue weighted by Gasteiger charge is -2.12. The summed E-state index contributed by atoms with van der Waals surface area (Å²) in [6.45, 7) is 0. The number of benzene rings is 2. The average molecular weight is 288 g/mol. The maximum atomic E-state index is 11.9. The summed E-state index contributed by atoms with van der Waals surface area (Å²) < 4.78 is 4.80. The molecule has 0 aliphatic carbocycles. The molecule has 0 fully saturated rings. The monoisotopic (exact) mass is 287 g/mol. The third-order valence-corrected chi connectivity index (χ3v) is 3.14. The van der Waals surface area contributed by atoms with Crippen molar-refractivity contribution in [3.8, 4) is 0 Å². The lowest BCUT2D eigenvalue weighted by atomic mass is 10.1. The Hall–Kier alpha value is -2.13. The van der Waals surface area contributed by atoms with E-state index in [2.05, 4.69) is 4.99 Å². The molecule has 0 bridgehead atoms. The lowest BCUT2D eigenvalue weighted by molar-refractivity contribution is -0.142. The molecule has 0 saturated heterocycles. The summed E-state index contributed by atoms with van der Waals surface area (Å²) in [7, 11) is 1.34. The van der Waals surface area contributed by atoms with Crippen LogP contribution < -0.4 is 0 Å². The number of hydrogen-bond donors (Lipinski definition) is 0. The zero-order chi connectivity index (χ0) is 14.4. The van der Waals surface area contributed by atoms with Crippen LogP contribution in [0.15, 0.2) is 59.6 Å². The maximum absolute atomic E-state index is 11.9. The fourth-order valence-electron chi connectivity index (χ4n) is 1.78. The molecule has 2 aromatic rings. The van der Waals surface area contributed by atoms with Gasteiger partial charge in [-0.2, -0.15) is 0 Å². The van der Waals surface area contributed by atoms with Crippen molar-refractivity contribution in [2.45, 2.75) is 6.04 Å². The van der Waals surface area contributed by atoms with E-state index in [1.54, 1.807) is 24.4 Å². The van der Waals surface area contributed by atoms with Crippen molar-refractivity contribution < 1.29 is 9.53 Å². The Morgan fingerprint density at radius 2 is 1.80 bits per heavy atom. The lowest BCUT2D eigenvalue weighted by Crippen LogP contribution is -2.13. The van der Waals surface area contributed by atoms with Gasteiger partial charge in [-0.1, -0.05) is 60.1 Å². The van der Waals surface area contributed by atoms with Crippen molar-refractivity contribution in [2.75, 3.05) is 7.11 Å². The second kappa shape index (κ2) is 6.87. The predicted molar refractivity (Wildman–Crippen MR) is 80.2 cm³/mol. The Labute approximate surface area is 122 Å². The van der Waals surface area contributed by atoms with Crippen molar-refractivity contribution in [1.29, 1.82) is 0 Å². The van der Waals surface area contributed by atoms with E-state index >= 15 is 0 Å². The number of carbonyl (C=O) groups is 1. The van der Waals surface area contributed by atoms with Gasteiger partial charge in [-0.15, -0.1) is 0 Å². The number of ether oxygens (including phenoxy) is 1. The van der Waals surface area contributed by atoms with Gasteiger partial charge in [0.15, 0.2) is 6.04 Å². The van der Waals surface area contributed by atoms with Gasteiger partial charge in [-0.25, -0.2) is 4.79 Å². The van der Waals surface area contributed by atoms with Gasteiger partial charge in [0.1, 0.15) is 0 Å². The summed E-state index contributed by atoms with van der Waals surface area (Å²) in [6, 6.07) is 15.9. The zero-order valence-electron chi connectivity index (χ0n) is 11.0. The van der Waals surface area contributed by atoms with E-state index in [0.29, 0.717) is 10.6 Å². The van der Waals surface area contributed by atoms with Gasteiger partial charge in [0, 0.05) is 16.8 Å². The van der Waals surface area contributed by atoms with Crippen molar-refractivity contribution in [2.24, 2.45) is 4.99 Å². The first kappa shape index (κ1) is 14.3. The largest absolute Gasteiger partial charge is 0.467 e. The molecule has 1 atom stereocenters. The normalized spacial score (nSPS) is 12.3. The van der Waals surface area contributed by atoms with Gasteiger partial charge >= 0.3 is 5.97 Å². The van der Waals surface area contributed by atoms with Gasteiger partial charge in [-0.3, -0.25) is 4.99 Å². The highest BCUT2D eigenvalue weighted by Crippen LogP contribution is 2.26. The molecule has 0 aromatic heterocycles. The minimum Gasteiger partial charge on any atom is -0.467 e. The van der Waals surface area contributed by atoms with Crippen LogP contribution in [0.2, 0.25) is 5.02 Å². The summed E-state index contributed by atoms with van der Waals surface area (Å²) in [4.78, 5) is 16.2. The Balaban J connectivity index is 2.32. The zero-order valence-corrected chi connectivity index (χ0v) is 11.7. The SMILES string of the molecule is COC(=O)C(N=Cc1ccccc1)c1ccccc1Cl. The minimum atomic E-state index is -0.756. The van der Waals surface area contributed by atoms with Gasteiger partial charge in [0.2, 0.25) is 0 Å². The van der Waals surface area contributed by atoms with E-state index in [9.17, 15) is 4.79 Å². The van der Waals surface area contributed by atoms with Crippen molar-refractivity contribution in [3.05, 3.63) is 70.7 Å². The first-order chi connectivity index (χ1) is 9.72. The topological polar surface area (TPSA) is 38.7 Å². The highest BCUT2D eigenvalue weighted by atomic mass is 35.5. The molecule has 0 aliphatic rings. The van der Waals surface area contributed by atoms with Crippen LogP contribution in [-0.2, 0) is 9.53 Å². The third-order valence-electron chi connectivity index (χ3n) is 2.80. The summed E-state index contributed by atoms with van der Waals surface area (Å²) in [5, 5.41) is 0.494. The molecule has 0 heterocycles. The van der Waals surface area contributed by atoms with Crippen LogP contribution >= 0.6 is 11.6 Å². The first-order valence-electron chi connectivity index (χ1n) is 6.13. The van der Waals surface area contributed by atoms with E-state index in [0.717, 1.165) is 5.56 Å². The van der Waals surface area contributed by atoms with Crippen molar-refractivity contribution in [1.82, 2.24) is 0 Å². The highest BCUT2D eigenvalue weighted by molar-refractivity contribution is 6.31. The van der Waals surface area contributed by atoms with Gasteiger partial charge in [-0.05, 0) is 11.6 Å². The van der Waals surface area contributed by atoms with Gasteiger partial charge in [0.25, 0.3) is 0 Å². The number of nitrogens with zero attached hydrogens (tertiary/aromatic N) is 1. The van der Waals surface area contributed by atoms with Crippen LogP contribution in [-0.4, -0.2) is 19.3 Å². The fraction of sp³-hybridized carbons (Fsp3) is 0.125. The van der Waals surface area contributed by atoms with Crippen molar-refractivity contribution >= 4 is 23.8 Å². The molecule has 2 aromatic carbocycles. The van der Waals surface area contributed by atoms with E-state index in [4.69, 9.17) is 16.3 Å².